The largest absolute Gasteiger partial charge is 0.615 e. The van der Waals surface area contributed by atoms with Crippen molar-refractivity contribution in [3.8, 4) is 0 Å². The Hall–Kier alpha value is -0.220. The first kappa shape index (κ1) is 7.88. The van der Waals surface area contributed by atoms with Crippen molar-refractivity contribution in [2.75, 3.05) is 12.8 Å². The van der Waals surface area contributed by atoms with Crippen molar-refractivity contribution in [3.63, 3.8) is 0 Å². The Bertz CT molecular complexity index is 138. The van der Waals surface area contributed by atoms with Crippen molar-refractivity contribution in [1.82, 2.24) is 5.01 Å². The molecule has 1 aliphatic rings. The maximum absolute atomic E-state index is 10.9. The van der Waals surface area contributed by atoms with E-state index in [4.69, 9.17) is 0 Å². The minimum absolute atomic E-state index is 0.0683. The quantitative estimate of drug-likeness (QED) is 0.548. The van der Waals surface area contributed by atoms with Gasteiger partial charge in [-0.1, -0.05) is 0 Å². The number of rotatable bonds is 2. The fourth-order valence-electron chi connectivity index (χ4n) is 0.857. The average molecular weight is 160 g/mol. The smallest absolute Gasteiger partial charge is 0.199 e. The van der Waals surface area contributed by atoms with E-state index in [1.165, 1.54) is 0 Å². The molecule has 10 heavy (non-hydrogen) atoms. The summed E-state index contributed by atoms with van der Waals surface area (Å²) in [5.74, 6) is 0. The van der Waals surface area contributed by atoms with Gasteiger partial charge in [0.15, 0.2) is 5.37 Å². The van der Waals surface area contributed by atoms with Crippen LogP contribution in [0.4, 0.5) is 0 Å². The predicted octanol–water partition coefficient (Wildman–Crippen LogP) is 0.402. The molecule has 4 heteroatoms. The van der Waals surface area contributed by atoms with Gasteiger partial charge in [0.1, 0.15) is 0 Å². The van der Waals surface area contributed by atoms with Crippen molar-refractivity contribution in [2.24, 2.45) is 5.10 Å². The summed E-state index contributed by atoms with van der Waals surface area (Å²) in [7, 11) is 0. The Kier molecular flexibility index (Phi) is 2.56. The Labute approximate surface area is 64.3 Å². The number of hydrogen-bond donors (Lipinski definition) is 0. The van der Waals surface area contributed by atoms with Crippen LogP contribution in [0.25, 0.3) is 0 Å². The maximum Gasteiger partial charge on any atom is 0.199 e. The molecular weight excluding hydrogens is 148 g/mol. The first-order chi connectivity index (χ1) is 4.72. The summed E-state index contributed by atoms with van der Waals surface area (Å²) in [6.45, 7) is 2.85. The predicted molar refractivity (Wildman–Crippen MR) is 43.3 cm³/mol. The van der Waals surface area contributed by atoms with E-state index >= 15 is 0 Å². The van der Waals surface area contributed by atoms with Crippen LogP contribution >= 0.6 is 0 Å². The Balaban J connectivity index is 2.40. The number of hydrogen-bond acceptors (Lipinski definition) is 3. The third kappa shape index (κ3) is 1.64. The third-order valence-electron chi connectivity index (χ3n) is 1.62. The molecule has 58 valence electrons. The number of nitrogens with zero attached hydrogens (tertiary/aromatic N) is 2. The molecule has 0 saturated heterocycles. The molecule has 2 atom stereocenters. The molecule has 2 unspecified atom stereocenters. The summed E-state index contributed by atoms with van der Waals surface area (Å²) in [5.41, 5.74) is 0. The zero-order chi connectivity index (χ0) is 7.56. The highest BCUT2D eigenvalue weighted by molar-refractivity contribution is 7.91. The van der Waals surface area contributed by atoms with Gasteiger partial charge >= 0.3 is 0 Å². The van der Waals surface area contributed by atoms with Gasteiger partial charge in [0.25, 0.3) is 0 Å². The van der Waals surface area contributed by atoms with Gasteiger partial charge in [-0.25, -0.2) is 5.01 Å². The highest BCUT2D eigenvalue weighted by Gasteiger charge is 2.20. The van der Waals surface area contributed by atoms with Crippen LogP contribution in [0.5, 0.6) is 0 Å². The van der Waals surface area contributed by atoms with Crippen molar-refractivity contribution in [2.45, 2.75) is 18.7 Å². The molecule has 0 bridgehead atoms. The van der Waals surface area contributed by atoms with E-state index in [1.54, 1.807) is 6.26 Å². The molecule has 0 aromatic carbocycles. The summed E-state index contributed by atoms with van der Waals surface area (Å²) in [6, 6.07) is 0. The van der Waals surface area contributed by atoms with Gasteiger partial charge in [-0.2, -0.15) is 5.10 Å². The standard InChI is InChI=1S/C6H12N2OS/c1-6(10(2)9)8-5-3-4-7-8/h4,6H,3,5H2,1-2H3. The second-order valence-corrected chi connectivity index (χ2v) is 4.03. The molecule has 0 fully saturated rings. The minimum atomic E-state index is -0.788. The molecule has 0 amide bonds. The van der Waals surface area contributed by atoms with Gasteiger partial charge in [0, 0.05) is 26.1 Å². The molecule has 1 heterocycles. The second-order valence-electron chi connectivity index (χ2n) is 2.35. The lowest BCUT2D eigenvalue weighted by molar-refractivity contribution is 0.300. The Morgan fingerprint density at radius 1 is 1.80 bits per heavy atom. The lowest BCUT2D eigenvalue weighted by Crippen LogP contribution is -2.32. The van der Waals surface area contributed by atoms with Crippen LogP contribution in [-0.2, 0) is 11.2 Å². The van der Waals surface area contributed by atoms with Gasteiger partial charge in [-0.3, -0.25) is 0 Å². The zero-order valence-electron chi connectivity index (χ0n) is 6.28. The summed E-state index contributed by atoms with van der Waals surface area (Å²) >= 11 is -0.788. The molecule has 1 aliphatic heterocycles. The van der Waals surface area contributed by atoms with Crippen molar-refractivity contribution in [3.05, 3.63) is 0 Å². The van der Waals surface area contributed by atoms with Gasteiger partial charge in [0.2, 0.25) is 0 Å². The molecule has 0 aromatic rings. The molecule has 3 nitrogen and oxygen atoms in total. The van der Waals surface area contributed by atoms with Gasteiger partial charge in [0.05, 0.1) is 6.26 Å². The molecule has 0 N–H and O–H groups in total. The Morgan fingerprint density at radius 2 is 2.50 bits per heavy atom. The maximum atomic E-state index is 10.9. The highest BCUT2D eigenvalue weighted by atomic mass is 32.2. The molecule has 0 saturated carbocycles. The monoisotopic (exact) mass is 160 g/mol. The van der Waals surface area contributed by atoms with Crippen LogP contribution < -0.4 is 0 Å². The van der Waals surface area contributed by atoms with Gasteiger partial charge in [-0.05, 0) is 11.2 Å². The van der Waals surface area contributed by atoms with Crippen molar-refractivity contribution < 1.29 is 4.55 Å². The van der Waals surface area contributed by atoms with E-state index in [1.807, 2.05) is 18.1 Å². The molecule has 0 radical (unpaired) electrons. The number of hydrazone groups is 1. The first-order valence-corrected chi connectivity index (χ1v) is 4.95. The summed E-state index contributed by atoms with van der Waals surface area (Å²) in [6.07, 6.45) is 4.56. The summed E-state index contributed by atoms with van der Waals surface area (Å²) < 4.78 is 10.9. The van der Waals surface area contributed by atoms with Crippen molar-refractivity contribution >= 4 is 17.4 Å². The molecule has 0 aromatic heterocycles. The topological polar surface area (TPSA) is 38.7 Å². The van der Waals surface area contributed by atoms with Gasteiger partial charge in [-0.15, -0.1) is 0 Å². The molecular formula is C6H12N2OS. The minimum Gasteiger partial charge on any atom is -0.615 e. The van der Waals surface area contributed by atoms with E-state index in [0.717, 1.165) is 13.0 Å². The fourth-order valence-corrected chi connectivity index (χ4v) is 1.36. The summed E-state index contributed by atoms with van der Waals surface area (Å²) in [5, 5.41) is 6.01. The SMILES string of the molecule is CC(N1CCC=N1)[S+](C)[O-]. The van der Waals surface area contributed by atoms with E-state index in [9.17, 15) is 4.55 Å². The van der Waals surface area contributed by atoms with E-state index in [2.05, 4.69) is 5.10 Å². The average Bonchev–Trinajstić information content (AvgIpc) is 2.36. The first-order valence-electron chi connectivity index (χ1n) is 3.33. The lowest BCUT2D eigenvalue weighted by Gasteiger charge is -2.22. The van der Waals surface area contributed by atoms with Crippen LogP contribution in [0.2, 0.25) is 0 Å². The fraction of sp³-hybridized carbons (Fsp3) is 0.833. The highest BCUT2D eigenvalue weighted by Crippen LogP contribution is 2.10. The lowest BCUT2D eigenvalue weighted by atomic mass is 10.5. The van der Waals surface area contributed by atoms with Crippen LogP contribution in [-0.4, -0.2) is 34.0 Å². The Morgan fingerprint density at radius 3 is 2.90 bits per heavy atom. The second kappa shape index (κ2) is 3.25. The normalized spacial score (nSPS) is 23.3. The van der Waals surface area contributed by atoms with E-state index in [0.29, 0.717) is 0 Å². The molecule has 1 rings (SSSR count). The van der Waals surface area contributed by atoms with Gasteiger partial charge < -0.3 is 4.55 Å². The third-order valence-corrected chi connectivity index (χ3v) is 2.82. The zero-order valence-corrected chi connectivity index (χ0v) is 7.10. The van der Waals surface area contributed by atoms with Crippen LogP contribution in [0.15, 0.2) is 5.10 Å². The van der Waals surface area contributed by atoms with E-state index < -0.39 is 11.2 Å². The van der Waals surface area contributed by atoms with Crippen LogP contribution in [0.3, 0.4) is 0 Å². The molecule has 0 aliphatic carbocycles. The van der Waals surface area contributed by atoms with Crippen molar-refractivity contribution in [1.29, 1.82) is 0 Å². The van der Waals surface area contributed by atoms with E-state index in [-0.39, 0.29) is 5.37 Å². The molecule has 0 spiro atoms. The van der Waals surface area contributed by atoms with Crippen LogP contribution in [0, 0.1) is 0 Å². The van der Waals surface area contributed by atoms with Crippen LogP contribution in [0.1, 0.15) is 13.3 Å². The summed E-state index contributed by atoms with van der Waals surface area (Å²) in [4.78, 5) is 0.